The van der Waals surface area contributed by atoms with Gasteiger partial charge in [-0.3, -0.25) is 0 Å². The first-order chi connectivity index (χ1) is 10.3. The van der Waals surface area contributed by atoms with Crippen LogP contribution in [-0.4, -0.2) is 11.7 Å². The Morgan fingerprint density at radius 3 is 2.67 bits per heavy atom. The summed E-state index contributed by atoms with van der Waals surface area (Å²) in [6, 6.07) is 16.2. The number of benzene rings is 2. The van der Waals surface area contributed by atoms with Gasteiger partial charge in [0.15, 0.2) is 0 Å². The van der Waals surface area contributed by atoms with E-state index in [9.17, 15) is 0 Å². The molecule has 2 heteroatoms. The lowest BCUT2D eigenvalue weighted by molar-refractivity contribution is 0.305. The Morgan fingerprint density at radius 1 is 1.05 bits per heavy atom. The van der Waals surface area contributed by atoms with E-state index in [1.807, 2.05) is 36.4 Å². The molecular weight excluding hydrogens is 260 g/mol. The smallest absolute Gasteiger partial charge is 0.120 e. The van der Waals surface area contributed by atoms with E-state index in [1.165, 1.54) is 5.56 Å². The van der Waals surface area contributed by atoms with E-state index in [1.54, 1.807) is 0 Å². The van der Waals surface area contributed by atoms with E-state index in [0.29, 0.717) is 13.0 Å². The topological polar surface area (TPSA) is 29.5 Å². The number of ether oxygens (including phenoxy) is 1. The lowest BCUT2D eigenvalue weighted by Gasteiger charge is -2.08. The maximum atomic E-state index is 8.73. The first kappa shape index (κ1) is 15.2. The van der Waals surface area contributed by atoms with Crippen molar-refractivity contribution in [1.29, 1.82) is 0 Å². The van der Waals surface area contributed by atoms with Crippen LogP contribution in [0.5, 0.6) is 5.75 Å². The molecule has 0 spiro atoms. The molecule has 21 heavy (non-hydrogen) atoms. The monoisotopic (exact) mass is 280 g/mol. The number of hydrogen-bond acceptors (Lipinski definition) is 2. The Morgan fingerprint density at radius 2 is 1.86 bits per heavy atom. The van der Waals surface area contributed by atoms with Gasteiger partial charge in [0.2, 0.25) is 0 Å². The number of aryl methyl sites for hydroxylation is 1. The summed E-state index contributed by atoms with van der Waals surface area (Å²) in [6.07, 6.45) is 1.51. The van der Waals surface area contributed by atoms with Gasteiger partial charge in [-0.1, -0.05) is 43.0 Å². The van der Waals surface area contributed by atoms with Crippen molar-refractivity contribution in [2.75, 3.05) is 6.61 Å². The van der Waals surface area contributed by atoms with E-state index in [0.717, 1.165) is 23.3 Å². The van der Waals surface area contributed by atoms with Gasteiger partial charge in [-0.05, 0) is 41.8 Å². The van der Waals surface area contributed by atoms with Crippen LogP contribution >= 0.6 is 0 Å². The molecular formula is C19H20O2. The molecule has 0 aliphatic carbocycles. The number of rotatable bonds is 5. The van der Waals surface area contributed by atoms with Crippen LogP contribution in [0.2, 0.25) is 0 Å². The molecule has 1 N–H and O–H groups in total. The van der Waals surface area contributed by atoms with Crippen LogP contribution in [0.25, 0.3) is 0 Å². The second kappa shape index (κ2) is 8.14. The molecule has 0 heterocycles. The van der Waals surface area contributed by atoms with Gasteiger partial charge in [0.1, 0.15) is 12.4 Å². The van der Waals surface area contributed by atoms with Crippen molar-refractivity contribution in [3.8, 4) is 17.6 Å². The number of hydrogen-bond donors (Lipinski definition) is 1. The van der Waals surface area contributed by atoms with Crippen LogP contribution in [0.1, 0.15) is 30.0 Å². The van der Waals surface area contributed by atoms with Gasteiger partial charge < -0.3 is 9.84 Å². The molecule has 0 radical (unpaired) electrons. The first-order valence-electron chi connectivity index (χ1n) is 7.22. The van der Waals surface area contributed by atoms with Crippen LogP contribution in [0.4, 0.5) is 0 Å². The summed E-state index contributed by atoms with van der Waals surface area (Å²) >= 11 is 0. The highest BCUT2D eigenvalue weighted by molar-refractivity contribution is 5.37. The van der Waals surface area contributed by atoms with Crippen LogP contribution in [0, 0.1) is 11.8 Å². The Bertz CT molecular complexity index is 635. The van der Waals surface area contributed by atoms with E-state index in [-0.39, 0.29) is 6.61 Å². The SMILES string of the molecule is CCc1cccc(OCc2cccc(C#CCCO)c2)c1. The van der Waals surface area contributed by atoms with Crippen molar-refractivity contribution >= 4 is 0 Å². The average Bonchev–Trinajstić information content (AvgIpc) is 2.54. The minimum absolute atomic E-state index is 0.101. The molecule has 0 aliphatic rings. The lowest BCUT2D eigenvalue weighted by atomic mass is 10.1. The number of aliphatic hydroxyl groups is 1. The molecule has 0 bridgehead atoms. The maximum absolute atomic E-state index is 8.73. The summed E-state index contributed by atoms with van der Waals surface area (Å²) in [5, 5.41) is 8.73. The van der Waals surface area contributed by atoms with Crippen LogP contribution in [0.15, 0.2) is 48.5 Å². The van der Waals surface area contributed by atoms with Gasteiger partial charge in [-0.25, -0.2) is 0 Å². The highest BCUT2D eigenvalue weighted by Crippen LogP contribution is 2.16. The predicted molar refractivity (Wildman–Crippen MR) is 85.2 cm³/mol. The number of aliphatic hydroxyl groups excluding tert-OH is 1. The van der Waals surface area contributed by atoms with Gasteiger partial charge in [0.25, 0.3) is 0 Å². The average molecular weight is 280 g/mol. The molecule has 2 aromatic rings. The van der Waals surface area contributed by atoms with Crippen molar-refractivity contribution in [3.05, 3.63) is 65.2 Å². The van der Waals surface area contributed by atoms with Crippen LogP contribution in [0.3, 0.4) is 0 Å². The molecule has 0 amide bonds. The maximum Gasteiger partial charge on any atom is 0.120 e. The zero-order chi connectivity index (χ0) is 14.9. The molecule has 0 saturated heterocycles. The Hall–Kier alpha value is -2.24. The molecule has 2 nitrogen and oxygen atoms in total. The fourth-order valence-corrected chi connectivity index (χ4v) is 1.98. The van der Waals surface area contributed by atoms with E-state index < -0.39 is 0 Å². The largest absolute Gasteiger partial charge is 0.489 e. The summed E-state index contributed by atoms with van der Waals surface area (Å²) in [5.74, 6) is 6.86. The Balaban J connectivity index is 2.00. The van der Waals surface area contributed by atoms with E-state index in [4.69, 9.17) is 9.84 Å². The molecule has 108 valence electrons. The third-order valence-corrected chi connectivity index (χ3v) is 3.11. The molecule has 2 aromatic carbocycles. The standard InChI is InChI=1S/C19H20O2/c1-2-16-8-6-11-19(14-16)21-15-18-10-5-9-17(13-18)7-3-4-12-20/h5-6,8-11,13-14,20H,2,4,12,15H2,1H3. The molecule has 0 unspecified atom stereocenters. The van der Waals surface area contributed by atoms with Crippen molar-refractivity contribution in [3.63, 3.8) is 0 Å². The molecule has 0 aromatic heterocycles. The fourth-order valence-electron chi connectivity index (χ4n) is 1.98. The summed E-state index contributed by atoms with van der Waals surface area (Å²) in [5.41, 5.74) is 3.32. The summed E-state index contributed by atoms with van der Waals surface area (Å²) < 4.78 is 5.83. The second-order valence-electron chi connectivity index (χ2n) is 4.77. The zero-order valence-corrected chi connectivity index (χ0v) is 12.3. The zero-order valence-electron chi connectivity index (χ0n) is 12.3. The van der Waals surface area contributed by atoms with E-state index in [2.05, 4.69) is 30.9 Å². The highest BCUT2D eigenvalue weighted by Gasteiger charge is 1.98. The van der Waals surface area contributed by atoms with Crippen molar-refractivity contribution in [1.82, 2.24) is 0 Å². The third kappa shape index (κ3) is 4.98. The summed E-state index contributed by atoms with van der Waals surface area (Å²) in [7, 11) is 0. The minimum Gasteiger partial charge on any atom is -0.489 e. The first-order valence-corrected chi connectivity index (χ1v) is 7.22. The van der Waals surface area contributed by atoms with Gasteiger partial charge in [0, 0.05) is 12.0 Å². The van der Waals surface area contributed by atoms with Crippen LogP contribution < -0.4 is 4.74 Å². The minimum atomic E-state index is 0.101. The van der Waals surface area contributed by atoms with Gasteiger partial charge in [0.05, 0.1) is 6.61 Å². The molecule has 0 fully saturated rings. The van der Waals surface area contributed by atoms with Gasteiger partial charge in [-0.15, -0.1) is 0 Å². The van der Waals surface area contributed by atoms with E-state index >= 15 is 0 Å². The fraction of sp³-hybridized carbons (Fsp3) is 0.263. The summed E-state index contributed by atoms with van der Waals surface area (Å²) in [6.45, 7) is 2.76. The van der Waals surface area contributed by atoms with Crippen molar-refractivity contribution in [2.24, 2.45) is 0 Å². The van der Waals surface area contributed by atoms with Crippen molar-refractivity contribution < 1.29 is 9.84 Å². The lowest BCUT2D eigenvalue weighted by Crippen LogP contribution is -1.96. The second-order valence-corrected chi connectivity index (χ2v) is 4.77. The molecule has 2 rings (SSSR count). The third-order valence-electron chi connectivity index (χ3n) is 3.11. The molecule has 0 aliphatic heterocycles. The summed E-state index contributed by atoms with van der Waals surface area (Å²) in [4.78, 5) is 0. The highest BCUT2D eigenvalue weighted by atomic mass is 16.5. The molecule has 0 saturated carbocycles. The predicted octanol–water partition coefficient (Wildman–Crippen LogP) is 3.56. The quantitative estimate of drug-likeness (QED) is 0.849. The normalized spacial score (nSPS) is 9.81. The Kier molecular flexibility index (Phi) is 5.87. The van der Waals surface area contributed by atoms with Gasteiger partial charge in [-0.2, -0.15) is 0 Å². The molecule has 0 atom stereocenters. The Labute approximate surface area is 126 Å². The van der Waals surface area contributed by atoms with Crippen LogP contribution in [-0.2, 0) is 13.0 Å². The van der Waals surface area contributed by atoms with Gasteiger partial charge >= 0.3 is 0 Å². The van der Waals surface area contributed by atoms with Crippen molar-refractivity contribution in [2.45, 2.75) is 26.4 Å².